The smallest absolute Gasteiger partial charge is 0.174 e. The Balaban J connectivity index is 2.69. The van der Waals surface area contributed by atoms with Crippen molar-refractivity contribution in [2.75, 3.05) is 6.61 Å². The fourth-order valence-corrected chi connectivity index (χ4v) is 1.29. The summed E-state index contributed by atoms with van der Waals surface area (Å²) in [5.41, 5.74) is 0.761. The van der Waals surface area contributed by atoms with E-state index in [9.17, 15) is 4.39 Å². The van der Waals surface area contributed by atoms with E-state index in [2.05, 4.69) is 6.58 Å². The van der Waals surface area contributed by atoms with Gasteiger partial charge in [-0.15, -0.1) is 0 Å². The Labute approximate surface area is 93.8 Å². The van der Waals surface area contributed by atoms with Crippen LogP contribution in [0.25, 0.3) is 0 Å². The Bertz CT molecular complexity index is 365. The second kappa shape index (κ2) is 5.56. The van der Waals surface area contributed by atoms with Gasteiger partial charge in [-0.25, -0.2) is 4.39 Å². The Hall–Kier alpha value is -1.28. The lowest BCUT2D eigenvalue weighted by Gasteiger charge is -2.08. The highest BCUT2D eigenvalue weighted by Crippen LogP contribution is 2.27. The highest BCUT2D eigenvalue weighted by molar-refractivity contribution is 6.32. The van der Waals surface area contributed by atoms with Crippen LogP contribution in [0, 0.1) is 5.82 Å². The van der Waals surface area contributed by atoms with Crippen LogP contribution < -0.4 is 4.74 Å². The molecule has 0 aromatic heterocycles. The Morgan fingerprint density at radius 2 is 2.33 bits per heavy atom. The van der Waals surface area contributed by atoms with E-state index in [0.717, 1.165) is 5.57 Å². The summed E-state index contributed by atoms with van der Waals surface area (Å²) in [4.78, 5) is 0. The molecule has 1 aromatic carbocycles. The Morgan fingerprint density at radius 3 is 2.93 bits per heavy atom. The maximum atomic E-state index is 13.2. The molecule has 0 unspecified atom stereocenters. The van der Waals surface area contributed by atoms with Crippen molar-refractivity contribution < 1.29 is 9.13 Å². The van der Waals surface area contributed by atoms with E-state index in [1.807, 2.05) is 13.0 Å². The van der Waals surface area contributed by atoms with Crippen LogP contribution in [-0.2, 0) is 0 Å². The molecule has 0 bridgehead atoms. The minimum Gasteiger partial charge on any atom is -0.484 e. The summed E-state index contributed by atoms with van der Waals surface area (Å²) < 4.78 is 18.5. The van der Waals surface area contributed by atoms with Gasteiger partial charge in [0, 0.05) is 0 Å². The van der Waals surface area contributed by atoms with Crippen LogP contribution in [0.5, 0.6) is 5.75 Å². The summed E-state index contributed by atoms with van der Waals surface area (Å²) in [6.45, 7) is 5.84. The summed E-state index contributed by atoms with van der Waals surface area (Å²) in [6, 6.07) is 4.42. The molecule has 1 rings (SSSR count). The van der Waals surface area contributed by atoms with E-state index in [0.29, 0.717) is 0 Å². The molecule has 0 aliphatic heterocycles. The number of para-hydroxylation sites is 1. The largest absolute Gasteiger partial charge is 0.484 e. The summed E-state index contributed by atoms with van der Waals surface area (Å²) >= 11 is 5.78. The van der Waals surface area contributed by atoms with Gasteiger partial charge in [-0.1, -0.05) is 36.4 Å². The van der Waals surface area contributed by atoms with Crippen LogP contribution in [0.15, 0.2) is 42.5 Å². The van der Waals surface area contributed by atoms with Crippen LogP contribution in [-0.4, -0.2) is 6.61 Å². The summed E-state index contributed by atoms with van der Waals surface area (Å²) in [5.74, 6) is -0.388. The molecule has 1 aromatic rings. The van der Waals surface area contributed by atoms with Crippen LogP contribution in [0.2, 0.25) is 5.02 Å². The topological polar surface area (TPSA) is 9.23 Å². The number of allylic oxidation sites excluding steroid dienone is 1. The molecule has 0 heterocycles. The van der Waals surface area contributed by atoms with Crippen LogP contribution in [0.3, 0.4) is 0 Å². The van der Waals surface area contributed by atoms with Crippen molar-refractivity contribution in [3.8, 4) is 5.75 Å². The number of ether oxygens (including phenoxy) is 1. The molecule has 0 fully saturated rings. The molecular formula is C12H12ClFO. The van der Waals surface area contributed by atoms with E-state index in [4.69, 9.17) is 16.3 Å². The van der Waals surface area contributed by atoms with E-state index >= 15 is 0 Å². The number of rotatable bonds is 4. The first-order valence-electron chi connectivity index (χ1n) is 4.52. The van der Waals surface area contributed by atoms with Crippen LogP contribution in [0.1, 0.15) is 6.92 Å². The molecule has 1 nitrogen and oxygen atoms in total. The molecule has 0 saturated heterocycles. The van der Waals surface area contributed by atoms with E-state index < -0.39 is 5.82 Å². The lowest BCUT2D eigenvalue weighted by atomic mass is 10.3. The quantitative estimate of drug-likeness (QED) is 0.706. The van der Waals surface area contributed by atoms with Crippen molar-refractivity contribution in [2.24, 2.45) is 0 Å². The lowest BCUT2D eigenvalue weighted by molar-refractivity contribution is 0.336. The SMILES string of the molecule is C=C(/C=C\C)COc1c(F)cccc1Cl. The zero-order chi connectivity index (χ0) is 11.3. The van der Waals surface area contributed by atoms with Gasteiger partial charge >= 0.3 is 0 Å². The molecule has 0 atom stereocenters. The van der Waals surface area contributed by atoms with Crippen molar-refractivity contribution in [3.05, 3.63) is 53.3 Å². The van der Waals surface area contributed by atoms with Gasteiger partial charge in [-0.2, -0.15) is 0 Å². The highest BCUT2D eigenvalue weighted by atomic mass is 35.5. The average Bonchev–Trinajstić information content (AvgIpc) is 2.17. The highest BCUT2D eigenvalue weighted by Gasteiger charge is 2.07. The normalized spacial score (nSPS) is 10.6. The molecule has 0 aliphatic rings. The number of hydrogen-bond acceptors (Lipinski definition) is 1. The molecule has 0 amide bonds. The first kappa shape index (κ1) is 11.8. The minimum absolute atomic E-state index is 0.0739. The number of halogens is 2. The van der Waals surface area contributed by atoms with Crippen molar-refractivity contribution in [1.29, 1.82) is 0 Å². The van der Waals surface area contributed by atoms with Crippen molar-refractivity contribution >= 4 is 11.6 Å². The van der Waals surface area contributed by atoms with Gasteiger partial charge in [-0.05, 0) is 24.6 Å². The van der Waals surface area contributed by atoms with Gasteiger partial charge in [-0.3, -0.25) is 0 Å². The maximum Gasteiger partial charge on any atom is 0.174 e. The second-order valence-electron chi connectivity index (χ2n) is 3.00. The molecule has 0 spiro atoms. The second-order valence-corrected chi connectivity index (χ2v) is 3.40. The fourth-order valence-electron chi connectivity index (χ4n) is 1.07. The Kier molecular flexibility index (Phi) is 4.37. The zero-order valence-corrected chi connectivity index (χ0v) is 9.22. The van der Waals surface area contributed by atoms with Crippen molar-refractivity contribution in [3.63, 3.8) is 0 Å². The van der Waals surface area contributed by atoms with Crippen LogP contribution >= 0.6 is 11.6 Å². The van der Waals surface area contributed by atoms with Gasteiger partial charge in [0.25, 0.3) is 0 Å². The van der Waals surface area contributed by atoms with E-state index in [1.165, 1.54) is 12.1 Å². The molecule has 0 radical (unpaired) electrons. The number of benzene rings is 1. The molecule has 0 saturated carbocycles. The third-order valence-corrected chi connectivity index (χ3v) is 2.02. The summed E-state index contributed by atoms with van der Waals surface area (Å²) in [5, 5.41) is 0.267. The maximum absolute atomic E-state index is 13.2. The predicted octanol–water partition coefficient (Wildman–Crippen LogP) is 3.99. The fraction of sp³-hybridized carbons (Fsp3) is 0.167. The van der Waals surface area contributed by atoms with Crippen LogP contribution in [0.4, 0.5) is 4.39 Å². The molecule has 80 valence electrons. The standard InChI is InChI=1S/C12H12ClFO/c1-3-5-9(2)8-15-12-10(13)6-4-7-11(12)14/h3-7H,2,8H2,1H3/b5-3-. The minimum atomic E-state index is -0.462. The first-order chi connectivity index (χ1) is 7.15. The van der Waals surface area contributed by atoms with Gasteiger partial charge in [0.15, 0.2) is 11.6 Å². The molecular weight excluding hydrogens is 215 g/mol. The van der Waals surface area contributed by atoms with Gasteiger partial charge in [0.2, 0.25) is 0 Å². The molecule has 0 aliphatic carbocycles. The first-order valence-corrected chi connectivity index (χ1v) is 4.90. The van der Waals surface area contributed by atoms with Gasteiger partial charge in [0.05, 0.1) is 5.02 Å². The zero-order valence-electron chi connectivity index (χ0n) is 8.47. The van der Waals surface area contributed by atoms with Crippen molar-refractivity contribution in [2.45, 2.75) is 6.92 Å². The van der Waals surface area contributed by atoms with Gasteiger partial charge < -0.3 is 4.74 Å². The lowest BCUT2D eigenvalue weighted by Crippen LogP contribution is -2.00. The Morgan fingerprint density at radius 1 is 1.60 bits per heavy atom. The third kappa shape index (κ3) is 3.40. The molecule has 15 heavy (non-hydrogen) atoms. The number of hydrogen-bond donors (Lipinski definition) is 0. The summed E-state index contributed by atoms with van der Waals surface area (Å²) in [7, 11) is 0. The van der Waals surface area contributed by atoms with Gasteiger partial charge in [0.1, 0.15) is 6.61 Å². The average molecular weight is 227 g/mol. The predicted molar refractivity (Wildman–Crippen MR) is 60.9 cm³/mol. The molecule has 0 N–H and O–H groups in total. The summed E-state index contributed by atoms with van der Waals surface area (Å²) in [6.07, 6.45) is 3.64. The van der Waals surface area contributed by atoms with E-state index in [-0.39, 0.29) is 17.4 Å². The van der Waals surface area contributed by atoms with E-state index in [1.54, 1.807) is 12.1 Å². The van der Waals surface area contributed by atoms with Crippen molar-refractivity contribution in [1.82, 2.24) is 0 Å². The monoisotopic (exact) mass is 226 g/mol. The molecule has 3 heteroatoms. The third-order valence-electron chi connectivity index (χ3n) is 1.72.